The third kappa shape index (κ3) is 111. The summed E-state index contributed by atoms with van der Waals surface area (Å²) in [5, 5.41) is 0. The molecule has 0 aromatic heterocycles. The number of unbranched alkanes of at least 4 members (excludes halogenated alkanes) is 7. The average molecular weight is 1920 g/mol. The molecule has 0 heterocycles. The predicted octanol–water partition coefficient (Wildman–Crippen LogP) is 40.7. The van der Waals surface area contributed by atoms with Crippen LogP contribution in [-0.2, 0) is 0 Å². The first-order valence-corrected chi connectivity index (χ1v) is 40.8. The van der Waals surface area contributed by atoms with Crippen LogP contribution in [0.25, 0.3) is 0 Å². The van der Waals surface area contributed by atoms with Gasteiger partial charge in [0.15, 0.2) is 17.3 Å². The van der Waals surface area contributed by atoms with Crippen molar-refractivity contribution in [3.63, 3.8) is 0 Å². The van der Waals surface area contributed by atoms with Gasteiger partial charge in [-0.25, -0.2) is 0 Å². The van der Waals surface area contributed by atoms with E-state index in [2.05, 4.69) is 76.2 Å². The lowest BCUT2D eigenvalue weighted by atomic mass is 9.90. The van der Waals surface area contributed by atoms with Gasteiger partial charge in [0, 0.05) is 25.7 Å². The van der Waals surface area contributed by atoms with E-state index in [4.69, 9.17) is 0 Å². The van der Waals surface area contributed by atoms with E-state index in [1.807, 2.05) is 27.7 Å². The Bertz CT molecular complexity index is 2200. The minimum Gasteiger partial charge on any atom is -0.171 e. The molecule has 0 radical (unpaired) electrons. The van der Waals surface area contributed by atoms with E-state index in [1.165, 1.54) is 60.8 Å². The maximum atomic E-state index is 11.8. The lowest BCUT2D eigenvalue weighted by molar-refractivity contribution is -0.327. The second-order valence-electron chi connectivity index (χ2n) is 32.5. The molecule has 0 unspecified atom stereocenters. The molecule has 0 saturated heterocycles. The molecule has 0 aliphatic carbocycles. The van der Waals surface area contributed by atoms with Gasteiger partial charge in [-0.15, -0.1) is 0 Å². The minimum absolute atomic E-state index is 0.0658. The van der Waals surface area contributed by atoms with E-state index in [1.54, 1.807) is 20.8 Å². The Kier molecular flexibility index (Phi) is 84.4. The van der Waals surface area contributed by atoms with Gasteiger partial charge >= 0.3 is 86.5 Å². The van der Waals surface area contributed by atoms with Crippen molar-refractivity contribution in [2.24, 2.45) is 69.5 Å². The van der Waals surface area contributed by atoms with E-state index in [9.17, 15) is 184 Å². The molecule has 0 aliphatic rings. The normalized spacial score (nSPS) is 13.9. The van der Waals surface area contributed by atoms with Crippen molar-refractivity contribution in [1.29, 1.82) is 0 Å². The van der Waals surface area contributed by atoms with Crippen molar-refractivity contribution < 1.29 is 184 Å². The van der Waals surface area contributed by atoms with Crippen molar-refractivity contribution in [3.8, 4) is 0 Å². The average Bonchev–Trinajstić information content (AvgIpc) is 0.786. The molecular formula is C81H146F42. The maximum absolute atomic E-state index is 11.8. The van der Waals surface area contributed by atoms with Gasteiger partial charge in [-0.2, -0.15) is 184 Å². The third-order valence-electron chi connectivity index (χ3n) is 17.8. The first-order chi connectivity index (χ1) is 53.9. The smallest absolute Gasteiger partial charge is 0.171 e. The fraction of sp³-hybridized carbons (Fsp3) is 1.00. The Morgan fingerprint density at radius 3 is 0.626 bits per heavy atom. The molecule has 0 rings (SSSR count). The van der Waals surface area contributed by atoms with Crippen LogP contribution in [0.3, 0.4) is 0 Å². The van der Waals surface area contributed by atoms with E-state index >= 15 is 0 Å². The summed E-state index contributed by atoms with van der Waals surface area (Å²) in [6.07, 6.45) is -57.1. The van der Waals surface area contributed by atoms with Crippen LogP contribution >= 0.6 is 0 Å². The second kappa shape index (κ2) is 69.9. The highest BCUT2D eigenvalue weighted by Gasteiger charge is 2.64. The van der Waals surface area contributed by atoms with Gasteiger partial charge in [-0.3, -0.25) is 0 Å². The minimum atomic E-state index is -5.24. The number of hydrogen-bond donors (Lipinski definition) is 0. The van der Waals surface area contributed by atoms with Crippen molar-refractivity contribution >= 4 is 0 Å². The van der Waals surface area contributed by atoms with Crippen LogP contribution in [0, 0.1) is 69.5 Å². The summed E-state index contributed by atoms with van der Waals surface area (Å²) in [5.74, 6) is -8.07. The Labute approximate surface area is 705 Å². The van der Waals surface area contributed by atoms with Gasteiger partial charge in [0.2, 0.25) is 0 Å². The lowest BCUT2D eigenvalue weighted by Gasteiger charge is -2.29. The highest BCUT2D eigenvalue weighted by molar-refractivity contribution is 4.84. The van der Waals surface area contributed by atoms with E-state index in [0.29, 0.717) is 43.9 Å². The van der Waals surface area contributed by atoms with Gasteiger partial charge in [-0.05, 0) is 94.3 Å². The molecule has 0 fully saturated rings. The molecule has 0 nitrogen and oxygen atoms in total. The molecule has 0 spiro atoms. The molecule has 764 valence electrons. The molecule has 42 heteroatoms. The number of halogens is 42. The standard InChI is InChI=1S/C7H10F6.3C7H13F3.2C6H8F6.3C6H11F3.3C6H14.C5H6F6/c1-2-3-4-5(6(8,9)10)7(11,12)13;1-3-4-6(2)5-7(8,9)10;1-3-4-5-6(2)7(8,9)10;1-2-3-4-5-6-7(8,9)10;1-4(6(10,11)12)2-3-5(7,8)9;1-2-3-4(5(7,8)9)6(10,11)12;1-4-5(2,3)6(7,8)9;1-3-4-5(2)6(7,8)9;1-2-3-4-5-6(7,8)9;1-5-6(2,3)4;1-5(2)6(3)4;1-4-6(3)5-2;1-3(2,4(6,7)8)5(9,10)11/h5H,2-4H2,1H3;2*6H,3-5H2,1-2H3;2-6H2,1H3;2*4H,2-3H2,1H3;4H2,1-3H3;5H,3-4H2,1-2H3;2-5H2,1H3;5H2,1-4H3;5-6H,1-4H3;6H,4-5H2,1-3H3;1-2H3/t;2*6-;;4-;;;5-;;;;;/m.00.0..0...../s1. The Morgan fingerprint density at radius 2 is 0.463 bits per heavy atom. The van der Waals surface area contributed by atoms with Gasteiger partial charge in [-0.1, -0.05) is 276 Å². The Balaban J connectivity index is -0.0000000974. The molecule has 0 aliphatic heterocycles. The van der Waals surface area contributed by atoms with E-state index in [-0.39, 0.29) is 64.7 Å². The number of hydrogen-bond acceptors (Lipinski definition) is 0. The molecular weight excluding hydrogens is 1770 g/mol. The summed E-state index contributed by atoms with van der Waals surface area (Å²) in [7, 11) is 0. The second-order valence-corrected chi connectivity index (χ2v) is 32.5. The zero-order valence-corrected chi connectivity index (χ0v) is 76.4. The summed E-state index contributed by atoms with van der Waals surface area (Å²) in [5.41, 5.74) is -4.60. The van der Waals surface area contributed by atoms with Gasteiger partial charge in [0.1, 0.15) is 0 Å². The highest BCUT2D eigenvalue weighted by atomic mass is 19.5. The van der Waals surface area contributed by atoms with Crippen molar-refractivity contribution in [3.05, 3.63) is 0 Å². The van der Waals surface area contributed by atoms with E-state index in [0.717, 1.165) is 56.8 Å². The van der Waals surface area contributed by atoms with E-state index < -0.39 is 172 Å². The molecule has 0 aromatic rings. The molecule has 4 atom stereocenters. The molecule has 0 aromatic carbocycles. The van der Waals surface area contributed by atoms with Crippen LogP contribution in [0.4, 0.5) is 184 Å². The van der Waals surface area contributed by atoms with Crippen molar-refractivity contribution in [2.45, 2.75) is 453 Å². The van der Waals surface area contributed by atoms with Crippen molar-refractivity contribution in [2.75, 3.05) is 0 Å². The fourth-order valence-corrected chi connectivity index (χ4v) is 6.50. The van der Waals surface area contributed by atoms with Crippen molar-refractivity contribution in [1.82, 2.24) is 0 Å². The van der Waals surface area contributed by atoms with Gasteiger partial charge in [0.05, 0.1) is 23.2 Å². The van der Waals surface area contributed by atoms with Crippen LogP contribution in [0.15, 0.2) is 0 Å². The molecule has 0 N–H and O–H groups in total. The summed E-state index contributed by atoms with van der Waals surface area (Å²) < 4.78 is 489. The molecule has 123 heavy (non-hydrogen) atoms. The quantitative estimate of drug-likeness (QED) is 0.0598. The van der Waals surface area contributed by atoms with Crippen LogP contribution in [0.1, 0.15) is 367 Å². The van der Waals surface area contributed by atoms with Gasteiger partial charge < -0.3 is 0 Å². The van der Waals surface area contributed by atoms with Crippen LogP contribution in [0.2, 0.25) is 0 Å². The zero-order valence-electron chi connectivity index (χ0n) is 76.4. The van der Waals surface area contributed by atoms with Crippen LogP contribution in [0.5, 0.6) is 0 Å². The first kappa shape index (κ1) is 148. The first-order valence-electron chi connectivity index (χ1n) is 40.8. The summed E-state index contributed by atoms with van der Waals surface area (Å²) in [6.45, 7) is 45.8. The number of alkyl halides is 42. The largest absolute Gasteiger partial charge is 0.402 e. The summed E-state index contributed by atoms with van der Waals surface area (Å²) in [6, 6.07) is 0. The van der Waals surface area contributed by atoms with Crippen LogP contribution in [-0.4, -0.2) is 86.5 Å². The third-order valence-corrected chi connectivity index (χ3v) is 17.8. The Morgan fingerprint density at radius 1 is 0.211 bits per heavy atom. The predicted molar refractivity (Wildman–Crippen MR) is 406 cm³/mol. The zero-order chi connectivity index (χ0) is 102. The monoisotopic (exact) mass is 1920 g/mol. The Hall–Kier alpha value is -2.94. The lowest BCUT2D eigenvalue weighted by Crippen LogP contribution is -2.44. The summed E-state index contributed by atoms with van der Waals surface area (Å²) in [4.78, 5) is 0. The topological polar surface area (TPSA) is 0 Å². The fourth-order valence-electron chi connectivity index (χ4n) is 6.50. The van der Waals surface area contributed by atoms with Gasteiger partial charge in [0.25, 0.3) is 0 Å². The maximum Gasteiger partial charge on any atom is 0.402 e. The molecule has 0 saturated carbocycles. The number of rotatable bonds is 26. The summed E-state index contributed by atoms with van der Waals surface area (Å²) >= 11 is 0. The highest BCUT2D eigenvalue weighted by Crippen LogP contribution is 2.50. The van der Waals surface area contributed by atoms with Crippen LogP contribution < -0.4 is 0 Å². The molecule has 0 bridgehead atoms. The SMILES string of the molecule is CC(C)(C(F)(F)F)C(F)(F)F.CC(C)C(C)C.CCC(C)(C)C.CCC(C)(C)C(F)(F)F.CCC(C)CC.CCCC(C(F)(F)F)C(F)(F)F.CCCCC(C(F)(F)F)C(F)(F)F.CCCCCC(F)(F)F.CCCCCCC(F)(F)F.CCCC[C@H](C)C(F)(F)F.CCC[C@H](C)C(F)(F)F.CCC[C@H](C)CC(F)(F)F.C[C@@H](CCC(F)(F)F)C(F)(F)F. The molecule has 0 amide bonds.